The molecule has 1 aliphatic rings. The van der Waals surface area contributed by atoms with E-state index in [1.54, 1.807) is 30.3 Å². The van der Waals surface area contributed by atoms with Gasteiger partial charge in [-0.05, 0) is 35.9 Å². The van der Waals surface area contributed by atoms with Crippen molar-refractivity contribution in [3.8, 4) is 5.75 Å². The number of hydrogen-bond acceptors (Lipinski definition) is 8. The summed E-state index contributed by atoms with van der Waals surface area (Å²) in [7, 11) is 1.16. The lowest BCUT2D eigenvalue weighted by atomic mass is 9.88. The van der Waals surface area contributed by atoms with Gasteiger partial charge in [-0.15, -0.1) is 0 Å². The molecular formula is C28H20ClF4NO8. The molecule has 4 rings (SSSR count). The summed E-state index contributed by atoms with van der Waals surface area (Å²) in [6, 6.07) is 13.8. The molecule has 0 unspecified atom stereocenters. The van der Waals surface area contributed by atoms with E-state index in [0.717, 1.165) is 13.2 Å². The molecule has 1 aliphatic heterocycles. The van der Waals surface area contributed by atoms with Gasteiger partial charge in [0.1, 0.15) is 12.4 Å². The topological polar surface area (TPSA) is 108 Å². The Morgan fingerprint density at radius 3 is 2.21 bits per heavy atom. The first-order valence-corrected chi connectivity index (χ1v) is 12.3. The van der Waals surface area contributed by atoms with Crippen molar-refractivity contribution in [2.45, 2.75) is 18.5 Å². The second-order valence-electron chi connectivity index (χ2n) is 8.73. The van der Waals surface area contributed by atoms with Gasteiger partial charge in [0.05, 0.1) is 18.4 Å². The second-order valence-corrected chi connectivity index (χ2v) is 9.17. The van der Waals surface area contributed by atoms with E-state index in [9.17, 15) is 32.3 Å². The van der Waals surface area contributed by atoms with E-state index in [0.29, 0.717) is 23.8 Å². The number of rotatable bonds is 8. The highest BCUT2D eigenvalue weighted by Gasteiger charge is 2.57. The number of alkyl halides is 4. The molecule has 2 amide bonds. The molecule has 0 aliphatic carbocycles. The van der Waals surface area contributed by atoms with E-state index in [1.165, 1.54) is 12.1 Å². The molecule has 9 nitrogen and oxygen atoms in total. The first-order chi connectivity index (χ1) is 19.9. The molecule has 0 N–H and O–H groups in total. The van der Waals surface area contributed by atoms with Gasteiger partial charge in [0.15, 0.2) is 13.2 Å². The Kier molecular flexibility index (Phi) is 8.71. The Morgan fingerprint density at radius 1 is 0.881 bits per heavy atom. The average molecular weight is 610 g/mol. The van der Waals surface area contributed by atoms with Crippen molar-refractivity contribution in [1.29, 1.82) is 0 Å². The number of anilines is 1. The molecule has 14 heteroatoms. The number of fused-ring (bicyclic) bond motifs is 1. The lowest BCUT2D eigenvalue weighted by Gasteiger charge is -2.22. The average Bonchev–Trinajstić information content (AvgIpc) is 3.20. The van der Waals surface area contributed by atoms with Crippen LogP contribution in [-0.4, -0.2) is 44.3 Å². The summed E-state index contributed by atoms with van der Waals surface area (Å²) >= 11 is 5.99. The van der Waals surface area contributed by atoms with E-state index in [4.69, 9.17) is 25.8 Å². The Morgan fingerprint density at radius 2 is 1.55 bits per heavy atom. The van der Waals surface area contributed by atoms with E-state index >= 15 is 4.39 Å². The number of carbonyl (C=O) groups is 4. The van der Waals surface area contributed by atoms with Gasteiger partial charge in [-0.2, -0.15) is 13.2 Å². The smallest absolute Gasteiger partial charge is 0.421 e. The maximum absolute atomic E-state index is 16.7. The minimum Gasteiger partial charge on any atom is -0.496 e. The predicted molar refractivity (Wildman–Crippen MR) is 137 cm³/mol. The summed E-state index contributed by atoms with van der Waals surface area (Å²) in [6.07, 6.45) is -6.59. The molecule has 42 heavy (non-hydrogen) atoms. The third-order valence-electron chi connectivity index (χ3n) is 6.06. The van der Waals surface area contributed by atoms with Crippen LogP contribution in [0.25, 0.3) is 0 Å². The highest BCUT2D eigenvalue weighted by Crippen LogP contribution is 2.51. The number of ether oxygens (including phenoxy) is 4. The Balaban J connectivity index is 1.51. The van der Waals surface area contributed by atoms with Crippen LogP contribution >= 0.6 is 11.6 Å². The van der Waals surface area contributed by atoms with Crippen LogP contribution in [-0.2, 0) is 47.0 Å². The monoisotopic (exact) mass is 609 g/mol. The van der Waals surface area contributed by atoms with Crippen LogP contribution in [0.1, 0.15) is 22.3 Å². The number of benzene rings is 3. The first kappa shape index (κ1) is 30.3. The van der Waals surface area contributed by atoms with E-state index in [-0.39, 0.29) is 22.3 Å². The number of esters is 2. The summed E-state index contributed by atoms with van der Waals surface area (Å²) < 4.78 is 76.6. The number of carbonyl (C=O) groups excluding carboxylic acids is 4. The zero-order chi connectivity index (χ0) is 30.7. The molecule has 0 fully saturated rings. The van der Waals surface area contributed by atoms with Gasteiger partial charge in [0, 0.05) is 16.1 Å². The molecule has 3 aromatic carbocycles. The zero-order valence-electron chi connectivity index (χ0n) is 21.6. The van der Waals surface area contributed by atoms with Gasteiger partial charge >= 0.3 is 24.2 Å². The van der Waals surface area contributed by atoms with Crippen LogP contribution < -0.4 is 9.64 Å². The molecule has 0 aromatic heterocycles. The summed E-state index contributed by atoms with van der Waals surface area (Å²) in [5, 5.41) is -0.0323. The van der Waals surface area contributed by atoms with Crippen LogP contribution in [0, 0.1) is 0 Å². The highest BCUT2D eigenvalue weighted by atomic mass is 35.5. The van der Waals surface area contributed by atoms with Gasteiger partial charge in [-0.1, -0.05) is 48.0 Å². The first-order valence-electron chi connectivity index (χ1n) is 12.0. The van der Waals surface area contributed by atoms with Crippen LogP contribution in [0.2, 0.25) is 5.02 Å². The molecule has 1 heterocycles. The number of nitrogens with zero attached hydrogens (tertiary/aromatic N) is 1. The fraction of sp³-hybridized carbons (Fsp3) is 0.214. The summed E-state index contributed by atoms with van der Waals surface area (Å²) in [5.74, 6) is -3.99. The number of halogens is 5. The van der Waals surface area contributed by atoms with Gasteiger partial charge in [-0.25, -0.2) is 23.7 Å². The van der Waals surface area contributed by atoms with Crippen molar-refractivity contribution >= 4 is 41.2 Å². The molecule has 3 aromatic rings. The SMILES string of the molecule is COc1ccc(Cl)cc1[C@]1(F)C(=O)N(C(=O)OCC(=O)OCC(=O)OCc2ccccc2)c2cc(C(F)(F)F)ccc21. The third-order valence-corrected chi connectivity index (χ3v) is 6.29. The molecule has 0 saturated carbocycles. The quantitative estimate of drug-likeness (QED) is 0.191. The molecule has 0 radical (unpaired) electrons. The molecular weight excluding hydrogens is 590 g/mol. The molecule has 0 saturated heterocycles. The van der Waals surface area contributed by atoms with Crippen LogP contribution in [0.15, 0.2) is 66.7 Å². The number of methoxy groups -OCH3 is 1. The number of amides is 2. The van der Waals surface area contributed by atoms with Crippen molar-refractivity contribution in [2.24, 2.45) is 0 Å². The summed E-state index contributed by atoms with van der Waals surface area (Å²) in [6.45, 7) is -2.10. The lowest BCUT2D eigenvalue weighted by Crippen LogP contribution is -2.42. The van der Waals surface area contributed by atoms with E-state index < -0.39 is 71.4 Å². The summed E-state index contributed by atoms with van der Waals surface area (Å²) in [5.41, 5.74) is -5.72. The minimum absolute atomic E-state index is 0.0323. The van der Waals surface area contributed by atoms with Gasteiger partial charge in [0.2, 0.25) is 5.67 Å². The second kappa shape index (κ2) is 12.1. The third kappa shape index (κ3) is 6.15. The van der Waals surface area contributed by atoms with Crippen molar-refractivity contribution in [3.05, 3.63) is 94.0 Å². The van der Waals surface area contributed by atoms with Gasteiger partial charge in [0.25, 0.3) is 5.91 Å². The molecule has 1 atom stereocenters. The Hall–Kier alpha value is -4.65. The number of hydrogen-bond donors (Lipinski definition) is 0. The van der Waals surface area contributed by atoms with Crippen molar-refractivity contribution in [3.63, 3.8) is 0 Å². The largest absolute Gasteiger partial charge is 0.496 e. The van der Waals surface area contributed by atoms with E-state index in [1.807, 2.05) is 0 Å². The zero-order valence-corrected chi connectivity index (χ0v) is 22.3. The van der Waals surface area contributed by atoms with Crippen molar-refractivity contribution in [1.82, 2.24) is 0 Å². The Labute approximate surface area is 240 Å². The highest BCUT2D eigenvalue weighted by molar-refractivity contribution is 6.31. The molecule has 0 spiro atoms. The maximum atomic E-state index is 16.7. The minimum atomic E-state index is -4.91. The maximum Gasteiger partial charge on any atom is 0.421 e. The van der Waals surface area contributed by atoms with Crippen molar-refractivity contribution in [2.75, 3.05) is 25.2 Å². The van der Waals surface area contributed by atoms with E-state index in [2.05, 4.69) is 4.74 Å². The summed E-state index contributed by atoms with van der Waals surface area (Å²) in [4.78, 5) is 50.2. The predicted octanol–water partition coefficient (Wildman–Crippen LogP) is 5.35. The Bertz CT molecular complexity index is 1530. The van der Waals surface area contributed by atoms with Crippen LogP contribution in [0.3, 0.4) is 0 Å². The fourth-order valence-electron chi connectivity index (χ4n) is 4.10. The number of imide groups is 1. The van der Waals surface area contributed by atoms with Crippen molar-refractivity contribution < 1.29 is 55.7 Å². The molecule has 220 valence electrons. The standard InChI is InChI=1S/C28H20ClF4NO8/c1-39-22-10-8-18(29)12-20(22)27(30)19-9-7-17(28(31,32)33)11-21(19)34(25(27)37)26(38)42-15-24(36)41-14-23(35)40-13-16-5-3-2-4-6-16/h2-12H,13-15H2,1H3/t27-/m0/s1. The molecule has 0 bridgehead atoms. The van der Waals surface area contributed by atoms with Gasteiger partial charge in [-0.3, -0.25) is 4.79 Å². The normalized spacial score (nSPS) is 16.0. The fourth-order valence-corrected chi connectivity index (χ4v) is 4.27. The van der Waals surface area contributed by atoms with Crippen LogP contribution in [0.5, 0.6) is 5.75 Å². The lowest BCUT2D eigenvalue weighted by molar-refractivity contribution is -0.161. The van der Waals surface area contributed by atoms with Crippen LogP contribution in [0.4, 0.5) is 28.0 Å². The van der Waals surface area contributed by atoms with Gasteiger partial charge < -0.3 is 18.9 Å².